The Hall–Kier alpha value is -2.16. The predicted molar refractivity (Wildman–Crippen MR) is 81.7 cm³/mol. The molecule has 1 saturated heterocycles. The molecule has 0 radical (unpaired) electrons. The number of nitrogens with zero attached hydrogens (tertiary/aromatic N) is 2. The molecule has 0 bridgehead atoms. The second-order valence-electron chi connectivity index (χ2n) is 5.32. The Balaban J connectivity index is 2.61. The first-order valence-electron chi connectivity index (χ1n) is 7.24. The van der Waals surface area contributed by atoms with E-state index < -0.39 is 18.1 Å². The van der Waals surface area contributed by atoms with Gasteiger partial charge in [0.2, 0.25) is 11.8 Å². The van der Waals surface area contributed by atoms with E-state index in [0.717, 1.165) is 6.42 Å². The van der Waals surface area contributed by atoms with Crippen molar-refractivity contribution in [1.82, 2.24) is 10.2 Å². The van der Waals surface area contributed by atoms with Crippen LogP contribution < -0.4 is 22.5 Å². The number of nitrogens with two attached hydrogens (primary N) is 3. The van der Waals surface area contributed by atoms with Gasteiger partial charge in [-0.05, 0) is 26.2 Å². The van der Waals surface area contributed by atoms with Crippen LogP contribution in [0.25, 0.3) is 0 Å². The summed E-state index contributed by atoms with van der Waals surface area (Å²) < 4.78 is 0. The highest BCUT2D eigenvalue weighted by Gasteiger charge is 2.36. The molecule has 1 aliphatic heterocycles. The van der Waals surface area contributed by atoms with Gasteiger partial charge in [-0.25, -0.2) is 0 Å². The fourth-order valence-corrected chi connectivity index (χ4v) is 2.33. The van der Waals surface area contributed by atoms with Crippen molar-refractivity contribution in [3.8, 4) is 0 Å². The monoisotopic (exact) mass is 312 g/mol. The van der Waals surface area contributed by atoms with E-state index in [1.54, 1.807) is 6.92 Å². The fraction of sp³-hybridized carbons (Fsp3) is 0.692. The topological polar surface area (TPSA) is 157 Å². The van der Waals surface area contributed by atoms with Crippen LogP contribution in [-0.2, 0) is 14.4 Å². The average Bonchev–Trinajstić information content (AvgIpc) is 2.95. The third-order valence-electron chi connectivity index (χ3n) is 3.46. The number of carbonyl (C=O) groups is 3. The maximum Gasteiger partial charge on any atom is 0.243 e. The molecule has 0 saturated carbocycles. The van der Waals surface area contributed by atoms with Crippen molar-refractivity contribution in [2.75, 3.05) is 13.1 Å². The Morgan fingerprint density at radius 1 is 1.45 bits per heavy atom. The summed E-state index contributed by atoms with van der Waals surface area (Å²) in [5.41, 5.74) is 16.3. The second-order valence-corrected chi connectivity index (χ2v) is 5.32. The van der Waals surface area contributed by atoms with Crippen LogP contribution in [0.3, 0.4) is 0 Å². The van der Waals surface area contributed by atoms with E-state index in [1.165, 1.54) is 4.90 Å². The van der Waals surface area contributed by atoms with Crippen molar-refractivity contribution in [2.45, 2.75) is 44.3 Å². The number of carbonyl (C=O) groups excluding carboxylic acids is 3. The molecular formula is C13H24N6O3. The molecule has 9 heteroatoms. The summed E-state index contributed by atoms with van der Waals surface area (Å²) >= 11 is 0. The van der Waals surface area contributed by atoms with E-state index in [9.17, 15) is 14.4 Å². The molecule has 124 valence electrons. The number of aldehydes is 1. The Morgan fingerprint density at radius 3 is 2.73 bits per heavy atom. The SMILES string of the molecule is CC(C=O)NC(=O)C1CCCN1C(=O)C(N)CCN=C(N)N. The van der Waals surface area contributed by atoms with Gasteiger partial charge in [0.25, 0.3) is 0 Å². The molecule has 0 aromatic heterocycles. The van der Waals surface area contributed by atoms with Gasteiger partial charge in [-0.15, -0.1) is 0 Å². The molecule has 1 rings (SSSR count). The minimum absolute atomic E-state index is 0.0547. The first-order valence-corrected chi connectivity index (χ1v) is 7.24. The first kappa shape index (κ1) is 17.9. The summed E-state index contributed by atoms with van der Waals surface area (Å²) in [7, 11) is 0. The Kier molecular flexibility index (Phi) is 6.77. The number of aliphatic imine (C=N–C) groups is 1. The third-order valence-corrected chi connectivity index (χ3v) is 3.46. The number of rotatable bonds is 7. The molecule has 7 N–H and O–H groups in total. The predicted octanol–water partition coefficient (Wildman–Crippen LogP) is -2.33. The number of likely N-dealkylation sites (tertiary alicyclic amines) is 1. The van der Waals surface area contributed by atoms with Crippen molar-refractivity contribution in [1.29, 1.82) is 0 Å². The minimum Gasteiger partial charge on any atom is -0.370 e. The lowest BCUT2D eigenvalue weighted by atomic mass is 10.1. The zero-order chi connectivity index (χ0) is 16.7. The zero-order valence-corrected chi connectivity index (χ0v) is 12.7. The van der Waals surface area contributed by atoms with Crippen LogP contribution in [0.2, 0.25) is 0 Å². The number of nitrogens with one attached hydrogen (secondary N) is 1. The van der Waals surface area contributed by atoms with E-state index in [2.05, 4.69) is 10.3 Å². The van der Waals surface area contributed by atoms with Gasteiger partial charge in [0.05, 0.1) is 12.1 Å². The van der Waals surface area contributed by atoms with Gasteiger partial charge >= 0.3 is 0 Å². The summed E-state index contributed by atoms with van der Waals surface area (Å²) in [6.45, 7) is 2.30. The summed E-state index contributed by atoms with van der Waals surface area (Å²) in [5, 5.41) is 2.56. The van der Waals surface area contributed by atoms with Crippen LogP contribution in [0.4, 0.5) is 0 Å². The van der Waals surface area contributed by atoms with Crippen molar-refractivity contribution >= 4 is 24.1 Å². The maximum atomic E-state index is 12.3. The molecule has 1 heterocycles. The summed E-state index contributed by atoms with van der Waals surface area (Å²) in [6.07, 6.45) is 2.22. The van der Waals surface area contributed by atoms with E-state index in [-0.39, 0.29) is 24.3 Å². The lowest BCUT2D eigenvalue weighted by Crippen LogP contribution is -2.52. The van der Waals surface area contributed by atoms with Gasteiger partial charge in [0, 0.05) is 13.1 Å². The highest BCUT2D eigenvalue weighted by molar-refractivity contribution is 5.91. The van der Waals surface area contributed by atoms with Crippen molar-refractivity contribution in [3.05, 3.63) is 0 Å². The van der Waals surface area contributed by atoms with Crippen LogP contribution in [0.15, 0.2) is 4.99 Å². The van der Waals surface area contributed by atoms with E-state index >= 15 is 0 Å². The van der Waals surface area contributed by atoms with Gasteiger partial charge in [0.1, 0.15) is 12.3 Å². The molecule has 1 fully saturated rings. The molecule has 3 atom stereocenters. The first-order chi connectivity index (χ1) is 10.4. The van der Waals surface area contributed by atoms with Crippen molar-refractivity contribution in [3.63, 3.8) is 0 Å². The average molecular weight is 312 g/mol. The normalized spacial score (nSPS) is 20.1. The van der Waals surface area contributed by atoms with Crippen LogP contribution in [-0.4, -0.2) is 60.2 Å². The molecule has 9 nitrogen and oxygen atoms in total. The van der Waals surface area contributed by atoms with Gasteiger partial charge < -0.3 is 32.2 Å². The highest BCUT2D eigenvalue weighted by atomic mass is 16.2. The molecule has 0 spiro atoms. The molecular weight excluding hydrogens is 288 g/mol. The van der Waals surface area contributed by atoms with E-state index in [0.29, 0.717) is 25.7 Å². The van der Waals surface area contributed by atoms with E-state index in [4.69, 9.17) is 17.2 Å². The minimum atomic E-state index is -0.764. The Morgan fingerprint density at radius 2 is 2.14 bits per heavy atom. The second kappa shape index (κ2) is 8.32. The van der Waals surface area contributed by atoms with Gasteiger partial charge in [-0.1, -0.05) is 0 Å². The van der Waals surface area contributed by atoms with Crippen LogP contribution in [0.5, 0.6) is 0 Å². The largest absolute Gasteiger partial charge is 0.370 e. The fourth-order valence-electron chi connectivity index (χ4n) is 2.33. The lowest BCUT2D eigenvalue weighted by Gasteiger charge is -2.27. The molecule has 1 aliphatic rings. The highest BCUT2D eigenvalue weighted by Crippen LogP contribution is 2.19. The van der Waals surface area contributed by atoms with Crippen LogP contribution in [0.1, 0.15) is 26.2 Å². The Bertz CT molecular complexity index is 449. The quantitative estimate of drug-likeness (QED) is 0.234. The van der Waals surface area contributed by atoms with Crippen LogP contribution >= 0.6 is 0 Å². The number of hydrogen-bond acceptors (Lipinski definition) is 5. The van der Waals surface area contributed by atoms with Crippen molar-refractivity contribution in [2.24, 2.45) is 22.2 Å². The molecule has 22 heavy (non-hydrogen) atoms. The number of hydrogen-bond donors (Lipinski definition) is 4. The van der Waals surface area contributed by atoms with E-state index in [1.807, 2.05) is 0 Å². The number of guanidine groups is 1. The third kappa shape index (κ3) is 4.99. The molecule has 3 unspecified atom stereocenters. The molecule has 0 aromatic carbocycles. The van der Waals surface area contributed by atoms with Crippen LogP contribution in [0, 0.1) is 0 Å². The number of amides is 2. The maximum absolute atomic E-state index is 12.3. The summed E-state index contributed by atoms with van der Waals surface area (Å²) in [4.78, 5) is 40.3. The summed E-state index contributed by atoms with van der Waals surface area (Å²) in [5.74, 6) is -0.690. The standard InChI is InChI=1S/C13H24N6O3/c1-8(7-20)18-11(21)10-3-2-6-19(10)12(22)9(14)4-5-17-13(15)16/h7-10H,2-6,14H2,1H3,(H,18,21)(H4,15,16,17). The van der Waals surface area contributed by atoms with Gasteiger partial charge in [-0.3, -0.25) is 14.6 Å². The zero-order valence-electron chi connectivity index (χ0n) is 12.7. The Labute approximate surface area is 129 Å². The smallest absolute Gasteiger partial charge is 0.243 e. The van der Waals surface area contributed by atoms with Crippen molar-refractivity contribution < 1.29 is 14.4 Å². The summed E-state index contributed by atoms with van der Waals surface area (Å²) in [6, 6.07) is -1.93. The molecule has 0 aliphatic carbocycles. The lowest BCUT2D eigenvalue weighted by molar-refractivity contribution is -0.139. The van der Waals surface area contributed by atoms with Gasteiger partial charge in [0.15, 0.2) is 5.96 Å². The molecule has 0 aromatic rings. The van der Waals surface area contributed by atoms with Gasteiger partial charge in [-0.2, -0.15) is 0 Å². The molecule has 2 amide bonds.